The van der Waals surface area contributed by atoms with Gasteiger partial charge in [-0.15, -0.1) is 0 Å². The third kappa shape index (κ3) is 3.16. The maximum atomic E-state index is 14.1. The lowest BCUT2D eigenvalue weighted by molar-refractivity contribution is 0.403. The number of methoxy groups -OCH3 is 1. The fourth-order valence-corrected chi connectivity index (χ4v) is 2.17. The molecule has 2 aromatic carbocycles. The highest BCUT2D eigenvalue weighted by molar-refractivity contribution is 5.38. The van der Waals surface area contributed by atoms with Gasteiger partial charge in [0.2, 0.25) is 0 Å². The van der Waals surface area contributed by atoms with Crippen LogP contribution in [0.25, 0.3) is 0 Å². The molecule has 1 atom stereocenters. The summed E-state index contributed by atoms with van der Waals surface area (Å²) in [6.07, 6.45) is 0. The van der Waals surface area contributed by atoms with Crippen LogP contribution in [0.15, 0.2) is 30.3 Å². The summed E-state index contributed by atoms with van der Waals surface area (Å²) in [7, 11) is 2.72. The zero-order valence-corrected chi connectivity index (χ0v) is 11.4. The van der Waals surface area contributed by atoms with Gasteiger partial charge in [0.05, 0.1) is 13.2 Å². The smallest absolute Gasteiger partial charge is 0.134 e. The van der Waals surface area contributed by atoms with Gasteiger partial charge in [-0.25, -0.2) is 17.6 Å². The standard InChI is InChI=1S/C15H13F4NO/c1-20-15(8-3-9(16)5-10(17)4-8)14-12(18)6-11(21-2)7-13(14)19/h3-7,15,20H,1-2H3. The maximum Gasteiger partial charge on any atom is 0.134 e. The molecule has 0 aliphatic carbocycles. The summed E-state index contributed by atoms with van der Waals surface area (Å²) in [5, 5.41) is 2.65. The molecular weight excluding hydrogens is 286 g/mol. The first-order valence-corrected chi connectivity index (χ1v) is 6.12. The first kappa shape index (κ1) is 15.3. The van der Waals surface area contributed by atoms with Crippen molar-refractivity contribution in [2.75, 3.05) is 14.2 Å². The minimum absolute atomic E-state index is 0.0222. The fourth-order valence-electron chi connectivity index (χ4n) is 2.17. The molecule has 0 bridgehead atoms. The van der Waals surface area contributed by atoms with Gasteiger partial charge in [0.15, 0.2) is 0 Å². The molecular formula is C15H13F4NO. The van der Waals surface area contributed by atoms with Crippen LogP contribution in [-0.2, 0) is 0 Å². The lowest BCUT2D eigenvalue weighted by Crippen LogP contribution is -2.21. The molecule has 2 nitrogen and oxygen atoms in total. The van der Waals surface area contributed by atoms with E-state index in [0.29, 0.717) is 6.07 Å². The predicted octanol–water partition coefficient (Wildman–Crippen LogP) is 3.56. The van der Waals surface area contributed by atoms with Crippen molar-refractivity contribution in [1.29, 1.82) is 0 Å². The second kappa shape index (κ2) is 6.13. The van der Waals surface area contributed by atoms with Gasteiger partial charge in [-0.05, 0) is 24.7 Å². The van der Waals surface area contributed by atoms with Crippen LogP contribution < -0.4 is 10.1 Å². The van der Waals surface area contributed by atoms with Crippen LogP contribution in [0.1, 0.15) is 17.2 Å². The molecule has 0 saturated carbocycles. The van der Waals surface area contributed by atoms with Crippen molar-refractivity contribution in [2.24, 2.45) is 0 Å². The first-order valence-electron chi connectivity index (χ1n) is 6.12. The molecule has 2 aromatic rings. The second-order valence-electron chi connectivity index (χ2n) is 4.43. The molecule has 0 aliphatic heterocycles. The molecule has 0 radical (unpaired) electrons. The Bertz CT molecular complexity index is 617. The molecule has 6 heteroatoms. The Morgan fingerprint density at radius 2 is 1.43 bits per heavy atom. The van der Waals surface area contributed by atoms with E-state index >= 15 is 0 Å². The highest BCUT2D eigenvalue weighted by atomic mass is 19.1. The van der Waals surface area contributed by atoms with Crippen molar-refractivity contribution >= 4 is 0 Å². The van der Waals surface area contributed by atoms with E-state index in [1.165, 1.54) is 14.2 Å². The number of halogens is 4. The van der Waals surface area contributed by atoms with Crippen molar-refractivity contribution in [3.05, 3.63) is 64.7 Å². The maximum absolute atomic E-state index is 14.1. The Morgan fingerprint density at radius 3 is 1.86 bits per heavy atom. The molecule has 21 heavy (non-hydrogen) atoms. The van der Waals surface area contributed by atoms with Crippen molar-refractivity contribution in [2.45, 2.75) is 6.04 Å². The Hall–Kier alpha value is -2.08. The van der Waals surface area contributed by atoms with Crippen molar-refractivity contribution in [1.82, 2.24) is 5.32 Å². The Morgan fingerprint density at radius 1 is 0.905 bits per heavy atom. The van der Waals surface area contributed by atoms with Gasteiger partial charge in [-0.3, -0.25) is 0 Å². The van der Waals surface area contributed by atoms with Crippen LogP contribution in [0.3, 0.4) is 0 Å². The minimum Gasteiger partial charge on any atom is -0.497 e. The van der Waals surface area contributed by atoms with E-state index in [-0.39, 0.29) is 16.9 Å². The van der Waals surface area contributed by atoms with E-state index in [2.05, 4.69) is 5.32 Å². The normalized spacial score (nSPS) is 12.3. The molecule has 1 N–H and O–H groups in total. The van der Waals surface area contributed by atoms with Crippen LogP contribution in [0.4, 0.5) is 17.6 Å². The Balaban J connectivity index is 2.56. The lowest BCUT2D eigenvalue weighted by Gasteiger charge is -2.19. The highest BCUT2D eigenvalue weighted by Crippen LogP contribution is 2.30. The molecule has 0 spiro atoms. The summed E-state index contributed by atoms with van der Waals surface area (Å²) in [5.41, 5.74) is -0.249. The number of nitrogens with one attached hydrogen (secondary N) is 1. The number of rotatable bonds is 4. The van der Waals surface area contributed by atoms with E-state index in [9.17, 15) is 17.6 Å². The summed E-state index contributed by atoms with van der Waals surface area (Å²) in [5.74, 6) is -3.35. The summed E-state index contributed by atoms with van der Waals surface area (Å²) in [6.45, 7) is 0. The van der Waals surface area contributed by atoms with Crippen LogP contribution in [-0.4, -0.2) is 14.2 Å². The summed E-state index contributed by atoms with van der Waals surface area (Å²) in [6, 6.07) is 3.73. The Kier molecular flexibility index (Phi) is 4.47. The zero-order chi connectivity index (χ0) is 15.6. The van der Waals surface area contributed by atoms with Gasteiger partial charge in [0.25, 0.3) is 0 Å². The third-order valence-corrected chi connectivity index (χ3v) is 3.08. The Labute approximate surface area is 119 Å². The van der Waals surface area contributed by atoms with Crippen molar-refractivity contribution in [3.63, 3.8) is 0 Å². The topological polar surface area (TPSA) is 21.3 Å². The molecule has 0 aliphatic rings. The quantitative estimate of drug-likeness (QED) is 0.872. The molecule has 0 heterocycles. The van der Waals surface area contributed by atoms with Gasteiger partial charge < -0.3 is 10.1 Å². The SMILES string of the molecule is CNC(c1cc(F)cc(F)c1)c1c(F)cc(OC)cc1F. The van der Waals surface area contributed by atoms with E-state index < -0.39 is 29.3 Å². The summed E-state index contributed by atoms with van der Waals surface area (Å²) >= 11 is 0. The van der Waals surface area contributed by atoms with Crippen molar-refractivity contribution < 1.29 is 22.3 Å². The molecule has 0 saturated heterocycles. The average Bonchev–Trinajstić information content (AvgIpc) is 2.41. The second-order valence-corrected chi connectivity index (χ2v) is 4.43. The molecule has 0 aromatic heterocycles. The van der Waals surface area contributed by atoms with Gasteiger partial charge in [-0.2, -0.15) is 0 Å². The first-order chi connectivity index (χ1) is 9.96. The zero-order valence-electron chi connectivity index (χ0n) is 11.4. The van der Waals surface area contributed by atoms with Crippen LogP contribution in [0.2, 0.25) is 0 Å². The molecule has 0 amide bonds. The van der Waals surface area contributed by atoms with Crippen LogP contribution in [0, 0.1) is 23.3 Å². The van der Waals surface area contributed by atoms with Gasteiger partial charge in [0.1, 0.15) is 29.0 Å². The third-order valence-electron chi connectivity index (χ3n) is 3.08. The number of hydrogen-bond donors (Lipinski definition) is 1. The monoisotopic (exact) mass is 299 g/mol. The summed E-state index contributed by atoms with van der Waals surface area (Å²) < 4.78 is 59.5. The number of ether oxygens (including phenoxy) is 1. The van der Waals surface area contributed by atoms with E-state index in [4.69, 9.17) is 4.74 Å². The van der Waals surface area contributed by atoms with Crippen LogP contribution in [0.5, 0.6) is 5.75 Å². The largest absolute Gasteiger partial charge is 0.497 e. The highest BCUT2D eigenvalue weighted by Gasteiger charge is 2.23. The van der Waals surface area contributed by atoms with E-state index in [1.807, 2.05) is 0 Å². The molecule has 1 unspecified atom stereocenters. The van der Waals surface area contributed by atoms with E-state index in [0.717, 1.165) is 24.3 Å². The number of benzene rings is 2. The average molecular weight is 299 g/mol. The summed E-state index contributed by atoms with van der Waals surface area (Å²) in [4.78, 5) is 0. The van der Waals surface area contributed by atoms with Gasteiger partial charge >= 0.3 is 0 Å². The van der Waals surface area contributed by atoms with E-state index in [1.54, 1.807) is 0 Å². The van der Waals surface area contributed by atoms with Crippen molar-refractivity contribution in [3.8, 4) is 5.75 Å². The molecule has 2 rings (SSSR count). The van der Waals surface area contributed by atoms with Gasteiger partial charge in [0, 0.05) is 23.8 Å². The van der Waals surface area contributed by atoms with Gasteiger partial charge in [-0.1, -0.05) is 0 Å². The fraction of sp³-hybridized carbons (Fsp3) is 0.200. The number of hydrogen-bond acceptors (Lipinski definition) is 2. The van der Waals surface area contributed by atoms with Crippen LogP contribution >= 0.6 is 0 Å². The minimum atomic E-state index is -1.03. The predicted molar refractivity (Wildman–Crippen MR) is 70.2 cm³/mol. The lowest BCUT2D eigenvalue weighted by atomic mass is 9.97. The molecule has 0 fully saturated rings. The molecule has 112 valence electrons.